The van der Waals surface area contributed by atoms with Crippen LogP contribution in [0.15, 0.2) is 42.5 Å². The molecule has 2 aromatic rings. The van der Waals surface area contributed by atoms with Crippen LogP contribution in [0.5, 0.6) is 5.75 Å². The van der Waals surface area contributed by atoms with Crippen molar-refractivity contribution in [2.45, 2.75) is 44.2 Å². The summed E-state index contributed by atoms with van der Waals surface area (Å²) < 4.78 is 5.79. The minimum atomic E-state index is -0.451. The van der Waals surface area contributed by atoms with E-state index < -0.39 is 6.10 Å². The monoisotopic (exact) mass is 313 g/mol. The van der Waals surface area contributed by atoms with Crippen molar-refractivity contribution in [1.82, 2.24) is 4.90 Å². The number of likely N-dealkylation sites (N-methyl/N-ethyl adjacent to an activating group) is 1. The Kier molecular flexibility index (Phi) is 5.52. The summed E-state index contributed by atoms with van der Waals surface area (Å²) in [5, 5.41) is 12.6. The number of aliphatic hydroxyl groups excluding tert-OH is 1. The predicted octanol–water partition coefficient (Wildman–Crippen LogP) is 3.84. The van der Waals surface area contributed by atoms with E-state index in [1.165, 1.54) is 42.9 Å². The fourth-order valence-corrected chi connectivity index (χ4v) is 3.51. The molecule has 1 fully saturated rings. The van der Waals surface area contributed by atoms with E-state index in [9.17, 15) is 5.11 Å². The summed E-state index contributed by atoms with van der Waals surface area (Å²) in [7, 11) is 2.12. The fourth-order valence-electron chi connectivity index (χ4n) is 3.51. The molecular weight excluding hydrogens is 286 g/mol. The van der Waals surface area contributed by atoms with Gasteiger partial charge in [-0.1, -0.05) is 49.6 Å². The van der Waals surface area contributed by atoms with Crippen molar-refractivity contribution < 1.29 is 9.84 Å². The third-order valence-corrected chi connectivity index (χ3v) is 4.86. The number of aliphatic hydroxyl groups is 1. The molecule has 1 N–H and O–H groups in total. The number of benzene rings is 2. The first-order valence-electron chi connectivity index (χ1n) is 8.72. The van der Waals surface area contributed by atoms with Crippen LogP contribution in [0.4, 0.5) is 0 Å². The molecule has 0 amide bonds. The average molecular weight is 313 g/mol. The maximum atomic E-state index is 10.3. The van der Waals surface area contributed by atoms with Crippen LogP contribution in [0.3, 0.4) is 0 Å². The van der Waals surface area contributed by atoms with Crippen molar-refractivity contribution in [3.63, 3.8) is 0 Å². The van der Waals surface area contributed by atoms with Crippen molar-refractivity contribution in [2.75, 3.05) is 20.2 Å². The fraction of sp³-hybridized carbons (Fsp3) is 0.500. The Labute approximate surface area is 138 Å². The lowest BCUT2D eigenvalue weighted by molar-refractivity contribution is 0.0562. The second-order valence-electron chi connectivity index (χ2n) is 6.71. The van der Waals surface area contributed by atoms with Crippen molar-refractivity contribution in [3.8, 4) is 5.75 Å². The van der Waals surface area contributed by atoms with Crippen LogP contribution in [0.2, 0.25) is 0 Å². The van der Waals surface area contributed by atoms with Gasteiger partial charge in [0.25, 0.3) is 0 Å². The molecule has 2 aromatic carbocycles. The van der Waals surface area contributed by atoms with Gasteiger partial charge in [-0.15, -0.1) is 0 Å². The highest BCUT2D eigenvalue weighted by molar-refractivity contribution is 5.83. The maximum Gasteiger partial charge on any atom is 0.120 e. The van der Waals surface area contributed by atoms with Crippen LogP contribution in [0.1, 0.15) is 32.1 Å². The second kappa shape index (κ2) is 7.80. The quantitative estimate of drug-likeness (QED) is 0.879. The van der Waals surface area contributed by atoms with Crippen molar-refractivity contribution in [3.05, 3.63) is 42.5 Å². The lowest BCUT2D eigenvalue weighted by atomic mass is 9.94. The number of ether oxygens (including phenoxy) is 1. The molecular formula is C20H27NO2. The Morgan fingerprint density at radius 3 is 2.61 bits per heavy atom. The Bertz CT molecular complexity index is 622. The average Bonchev–Trinajstić information content (AvgIpc) is 2.60. The largest absolute Gasteiger partial charge is 0.491 e. The smallest absolute Gasteiger partial charge is 0.120 e. The standard InChI is InChI=1S/C20H27NO2/c1-21(18-9-3-2-4-10-18)14-19(22)15-23-20-12-11-16-7-5-6-8-17(16)13-20/h5-8,11-13,18-19,22H,2-4,9-10,14-15H2,1H3/t19-/m0/s1. The number of rotatable bonds is 6. The molecule has 0 radical (unpaired) electrons. The van der Waals surface area contributed by atoms with Gasteiger partial charge >= 0.3 is 0 Å². The van der Waals surface area contributed by atoms with Gasteiger partial charge in [-0.05, 0) is 42.8 Å². The summed E-state index contributed by atoms with van der Waals surface area (Å²) in [4.78, 5) is 2.30. The first-order valence-corrected chi connectivity index (χ1v) is 8.72. The highest BCUT2D eigenvalue weighted by atomic mass is 16.5. The van der Waals surface area contributed by atoms with Crippen molar-refractivity contribution in [2.24, 2.45) is 0 Å². The molecule has 1 saturated carbocycles. The van der Waals surface area contributed by atoms with Crippen LogP contribution < -0.4 is 4.74 Å². The Morgan fingerprint density at radius 1 is 1.09 bits per heavy atom. The van der Waals surface area contributed by atoms with E-state index in [1.807, 2.05) is 24.3 Å². The molecule has 3 rings (SSSR count). The van der Waals surface area contributed by atoms with Crippen LogP contribution in [0, 0.1) is 0 Å². The minimum Gasteiger partial charge on any atom is -0.491 e. The molecule has 1 aliphatic rings. The normalized spacial score (nSPS) is 17.5. The Balaban J connectivity index is 1.50. The zero-order valence-electron chi connectivity index (χ0n) is 13.9. The number of hydrogen-bond acceptors (Lipinski definition) is 3. The maximum absolute atomic E-state index is 10.3. The van der Waals surface area contributed by atoms with Gasteiger partial charge < -0.3 is 14.7 Å². The SMILES string of the molecule is CN(C[C@H](O)COc1ccc2ccccc2c1)C1CCCCC1. The lowest BCUT2D eigenvalue weighted by Crippen LogP contribution is -2.40. The Morgan fingerprint density at radius 2 is 1.83 bits per heavy atom. The number of hydrogen-bond donors (Lipinski definition) is 1. The van der Waals surface area contributed by atoms with Crippen molar-refractivity contribution >= 4 is 10.8 Å². The minimum absolute atomic E-state index is 0.343. The summed E-state index contributed by atoms with van der Waals surface area (Å²) >= 11 is 0. The van der Waals surface area contributed by atoms with E-state index in [0.717, 1.165) is 5.75 Å². The van der Waals surface area contributed by atoms with E-state index in [0.29, 0.717) is 19.2 Å². The topological polar surface area (TPSA) is 32.7 Å². The summed E-state index contributed by atoms with van der Waals surface area (Å²) in [6, 6.07) is 14.9. The molecule has 0 unspecified atom stereocenters. The second-order valence-corrected chi connectivity index (χ2v) is 6.71. The van der Waals surface area contributed by atoms with Crippen LogP contribution in [-0.2, 0) is 0 Å². The van der Waals surface area contributed by atoms with Crippen molar-refractivity contribution in [1.29, 1.82) is 0 Å². The van der Waals surface area contributed by atoms with E-state index in [1.54, 1.807) is 0 Å². The first kappa shape index (κ1) is 16.3. The van der Waals surface area contributed by atoms with Crippen LogP contribution in [0.25, 0.3) is 10.8 Å². The van der Waals surface area contributed by atoms with Crippen LogP contribution in [-0.4, -0.2) is 42.4 Å². The van der Waals surface area contributed by atoms with E-state index in [2.05, 4.69) is 30.1 Å². The zero-order chi connectivity index (χ0) is 16.1. The summed E-state index contributed by atoms with van der Waals surface area (Å²) in [6.07, 6.45) is 6.06. The molecule has 23 heavy (non-hydrogen) atoms. The van der Waals surface area contributed by atoms with Gasteiger partial charge in [-0.3, -0.25) is 0 Å². The lowest BCUT2D eigenvalue weighted by Gasteiger charge is -2.32. The molecule has 3 heteroatoms. The van der Waals surface area contributed by atoms with Crippen LogP contribution >= 0.6 is 0 Å². The van der Waals surface area contributed by atoms with Gasteiger partial charge in [0.05, 0.1) is 0 Å². The molecule has 0 bridgehead atoms. The highest BCUT2D eigenvalue weighted by Gasteiger charge is 2.20. The zero-order valence-corrected chi connectivity index (χ0v) is 13.9. The van der Waals surface area contributed by atoms with Gasteiger partial charge in [0.1, 0.15) is 18.5 Å². The number of fused-ring (bicyclic) bond motifs is 1. The molecule has 124 valence electrons. The third-order valence-electron chi connectivity index (χ3n) is 4.86. The molecule has 0 aliphatic heterocycles. The van der Waals surface area contributed by atoms with E-state index in [-0.39, 0.29) is 0 Å². The van der Waals surface area contributed by atoms with Gasteiger partial charge in [-0.2, -0.15) is 0 Å². The Hall–Kier alpha value is -1.58. The summed E-state index contributed by atoms with van der Waals surface area (Å²) in [6.45, 7) is 1.02. The first-order chi connectivity index (χ1) is 11.2. The highest BCUT2D eigenvalue weighted by Crippen LogP contribution is 2.22. The summed E-state index contributed by atoms with van der Waals surface area (Å²) in [5.41, 5.74) is 0. The van der Waals surface area contributed by atoms with E-state index >= 15 is 0 Å². The van der Waals surface area contributed by atoms with Gasteiger partial charge in [0, 0.05) is 12.6 Å². The van der Waals surface area contributed by atoms with Gasteiger partial charge in [-0.25, -0.2) is 0 Å². The predicted molar refractivity (Wildman–Crippen MR) is 95.0 cm³/mol. The molecule has 0 saturated heterocycles. The molecule has 0 aromatic heterocycles. The third kappa shape index (κ3) is 4.46. The molecule has 0 heterocycles. The van der Waals surface area contributed by atoms with Gasteiger partial charge in [0.15, 0.2) is 0 Å². The molecule has 1 atom stereocenters. The molecule has 1 aliphatic carbocycles. The number of nitrogens with zero attached hydrogens (tertiary/aromatic N) is 1. The summed E-state index contributed by atoms with van der Waals surface area (Å²) in [5.74, 6) is 0.822. The molecule has 3 nitrogen and oxygen atoms in total. The van der Waals surface area contributed by atoms with Gasteiger partial charge in [0.2, 0.25) is 0 Å². The van der Waals surface area contributed by atoms with E-state index in [4.69, 9.17) is 4.74 Å². The molecule has 0 spiro atoms.